The lowest BCUT2D eigenvalue weighted by Crippen LogP contribution is -2.44. The van der Waals surface area contributed by atoms with Crippen molar-refractivity contribution in [3.05, 3.63) is 0 Å². The Morgan fingerprint density at radius 3 is 2.75 bits per heavy atom. The first-order chi connectivity index (χ1) is 9.49. The maximum Gasteiger partial charge on any atom is 0.104 e. The third kappa shape index (κ3) is 6.24. The Kier molecular flexibility index (Phi) is 7.55. The number of rotatable bonds is 9. The Labute approximate surface area is 125 Å². The number of hydrogen-bond donors (Lipinski definition) is 1. The molecule has 1 N–H and O–H groups in total. The van der Waals surface area contributed by atoms with Gasteiger partial charge in [-0.3, -0.25) is 5.32 Å². The number of nitriles is 1. The lowest BCUT2D eigenvalue weighted by molar-refractivity contribution is 0.300. The van der Waals surface area contributed by atoms with E-state index in [1.165, 1.54) is 45.3 Å². The molecule has 1 fully saturated rings. The predicted octanol–water partition coefficient (Wildman–Crippen LogP) is 3.56. The molecule has 116 valence electrons. The Bertz CT molecular complexity index is 308. The third-order valence-electron chi connectivity index (χ3n) is 4.32. The summed E-state index contributed by atoms with van der Waals surface area (Å²) < 4.78 is 0. The van der Waals surface area contributed by atoms with Gasteiger partial charge in [0.05, 0.1) is 6.07 Å². The van der Waals surface area contributed by atoms with Crippen molar-refractivity contribution in [3.8, 4) is 6.07 Å². The average Bonchev–Trinajstić information content (AvgIpc) is 2.82. The minimum atomic E-state index is -0.357. The number of likely N-dealkylation sites (tertiary alicyclic amines) is 1. The van der Waals surface area contributed by atoms with E-state index in [2.05, 4.69) is 37.1 Å². The van der Waals surface area contributed by atoms with Gasteiger partial charge < -0.3 is 4.90 Å². The zero-order valence-corrected chi connectivity index (χ0v) is 13.9. The first-order valence-corrected chi connectivity index (χ1v) is 8.40. The molecule has 1 saturated heterocycles. The molecule has 1 aliphatic rings. The van der Waals surface area contributed by atoms with Crippen LogP contribution in [0.4, 0.5) is 0 Å². The molecular formula is C17H33N3. The molecule has 0 saturated carbocycles. The monoisotopic (exact) mass is 279 g/mol. The van der Waals surface area contributed by atoms with Crippen LogP contribution in [0.5, 0.6) is 0 Å². The fourth-order valence-electron chi connectivity index (χ4n) is 3.37. The first kappa shape index (κ1) is 17.5. The Balaban J connectivity index is 2.17. The van der Waals surface area contributed by atoms with E-state index in [9.17, 15) is 5.26 Å². The lowest BCUT2D eigenvalue weighted by atomic mass is 9.95. The highest BCUT2D eigenvalue weighted by atomic mass is 15.1. The van der Waals surface area contributed by atoms with Crippen molar-refractivity contribution < 1.29 is 0 Å². The molecule has 0 aromatic rings. The Morgan fingerprint density at radius 2 is 2.15 bits per heavy atom. The van der Waals surface area contributed by atoms with E-state index in [4.69, 9.17) is 0 Å². The third-order valence-corrected chi connectivity index (χ3v) is 4.32. The summed E-state index contributed by atoms with van der Waals surface area (Å²) in [5.74, 6) is 0.937. The van der Waals surface area contributed by atoms with Gasteiger partial charge in [0.25, 0.3) is 0 Å². The molecule has 2 atom stereocenters. The van der Waals surface area contributed by atoms with Gasteiger partial charge in [0, 0.05) is 12.6 Å². The van der Waals surface area contributed by atoms with Crippen LogP contribution in [0.2, 0.25) is 0 Å². The summed E-state index contributed by atoms with van der Waals surface area (Å²) in [5, 5.41) is 12.7. The summed E-state index contributed by atoms with van der Waals surface area (Å²) >= 11 is 0. The minimum Gasteiger partial charge on any atom is -0.303 e. The fourth-order valence-corrected chi connectivity index (χ4v) is 3.37. The molecule has 3 heteroatoms. The highest BCUT2D eigenvalue weighted by Gasteiger charge is 2.24. The van der Waals surface area contributed by atoms with Crippen LogP contribution in [0.15, 0.2) is 0 Å². The number of nitrogens with one attached hydrogen (secondary N) is 1. The number of unbranched alkanes of at least 4 members (excludes halogenated alkanes) is 1. The highest BCUT2D eigenvalue weighted by molar-refractivity contribution is 5.04. The van der Waals surface area contributed by atoms with Gasteiger partial charge in [-0.25, -0.2) is 0 Å². The number of nitrogens with zero attached hydrogens (tertiary/aromatic N) is 2. The molecule has 0 amide bonds. The van der Waals surface area contributed by atoms with Crippen molar-refractivity contribution in [2.24, 2.45) is 5.92 Å². The van der Waals surface area contributed by atoms with E-state index < -0.39 is 0 Å². The van der Waals surface area contributed by atoms with E-state index in [1.54, 1.807) is 0 Å². The summed E-state index contributed by atoms with van der Waals surface area (Å²) in [4.78, 5) is 2.61. The van der Waals surface area contributed by atoms with Gasteiger partial charge in [0.2, 0.25) is 0 Å². The van der Waals surface area contributed by atoms with E-state index in [-0.39, 0.29) is 5.54 Å². The molecule has 0 spiro atoms. The van der Waals surface area contributed by atoms with Crippen LogP contribution in [0.1, 0.15) is 66.2 Å². The highest BCUT2D eigenvalue weighted by Crippen LogP contribution is 2.21. The van der Waals surface area contributed by atoms with Crippen molar-refractivity contribution in [1.29, 1.82) is 5.26 Å². The van der Waals surface area contributed by atoms with Crippen LogP contribution in [0.3, 0.4) is 0 Å². The smallest absolute Gasteiger partial charge is 0.104 e. The van der Waals surface area contributed by atoms with Crippen molar-refractivity contribution in [1.82, 2.24) is 10.2 Å². The largest absolute Gasteiger partial charge is 0.303 e. The van der Waals surface area contributed by atoms with E-state index in [0.29, 0.717) is 6.04 Å². The molecule has 1 rings (SSSR count). The molecule has 1 aliphatic heterocycles. The van der Waals surface area contributed by atoms with Crippen LogP contribution < -0.4 is 5.32 Å². The SMILES string of the molecule is CCCC1CCN(CCCCC(C)(C#N)NC(C)C)C1. The van der Waals surface area contributed by atoms with Gasteiger partial charge in [-0.15, -0.1) is 0 Å². The van der Waals surface area contributed by atoms with Crippen LogP contribution in [0.25, 0.3) is 0 Å². The van der Waals surface area contributed by atoms with Crippen molar-refractivity contribution in [3.63, 3.8) is 0 Å². The standard InChI is InChI=1S/C17H33N3/c1-5-8-16-9-12-20(13-16)11-7-6-10-17(4,14-18)19-15(2)3/h15-16,19H,5-13H2,1-4H3. The predicted molar refractivity (Wildman–Crippen MR) is 85.6 cm³/mol. The summed E-state index contributed by atoms with van der Waals surface area (Å²) in [7, 11) is 0. The summed E-state index contributed by atoms with van der Waals surface area (Å²) in [5.41, 5.74) is -0.357. The van der Waals surface area contributed by atoms with Gasteiger partial charge in [0.15, 0.2) is 0 Å². The van der Waals surface area contributed by atoms with Gasteiger partial charge in [-0.05, 0) is 71.9 Å². The number of hydrogen-bond acceptors (Lipinski definition) is 3. The molecule has 2 unspecified atom stereocenters. The van der Waals surface area contributed by atoms with Crippen LogP contribution in [-0.2, 0) is 0 Å². The van der Waals surface area contributed by atoms with Gasteiger partial charge in [0.1, 0.15) is 5.54 Å². The molecule has 0 aromatic carbocycles. The zero-order chi connectivity index (χ0) is 15.0. The molecule has 0 aliphatic carbocycles. The first-order valence-electron chi connectivity index (χ1n) is 8.40. The Morgan fingerprint density at radius 1 is 1.40 bits per heavy atom. The molecule has 0 aromatic heterocycles. The second-order valence-electron chi connectivity index (χ2n) is 6.94. The van der Waals surface area contributed by atoms with Gasteiger partial charge in [-0.2, -0.15) is 5.26 Å². The lowest BCUT2D eigenvalue weighted by Gasteiger charge is -2.26. The molecule has 3 nitrogen and oxygen atoms in total. The second-order valence-corrected chi connectivity index (χ2v) is 6.94. The normalized spacial score (nSPS) is 22.9. The van der Waals surface area contributed by atoms with E-state index in [1.807, 2.05) is 6.92 Å². The van der Waals surface area contributed by atoms with E-state index >= 15 is 0 Å². The maximum absolute atomic E-state index is 9.32. The quantitative estimate of drug-likeness (QED) is 0.656. The molecule has 0 bridgehead atoms. The Hall–Kier alpha value is -0.590. The van der Waals surface area contributed by atoms with Crippen LogP contribution in [0, 0.1) is 17.2 Å². The summed E-state index contributed by atoms with van der Waals surface area (Å²) in [6.07, 6.45) is 7.41. The molecular weight excluding hydrogens is 246 g/mol. The molecule has 20 heavy (non-hydrogen) atoms. The summed E-state index contributed by atoms with van der Waals surface area (Å²) in [6.45, 7) is 12.3. The fraction of sp³-hybridized carbons (Fsp3) is 0.941. The molecule has 0 radical (unpaired) electrons. The molecule has 1 heterocycles. The van der Waals surface area contributed by atoms with Gasteiger partial charge >= 0.3 is 0 Å². The average molecular weight is 279 g/mol. The zero-order valence-electron chi connectivity index (χ0n) is 13.9. The van der Waals surface area contributed by atoms with Crippen LogP contribution in [-0.4, -0.2) is 36.1 Å². The maximum atomic E-state index is 9.32. The van der Waals surface area contributed by atoms with Crippen molar-refractivity contribution in [2.45, 2.75) is 77.8 Å². The minimum absolute atomic E-state index is 0.357. The van der Waals surface area contributed by atoms with Crippen molar-refractivity contribution in [2.75, 3.05) is 19.6 Å². The van der Waals surface area contributed by atoms with Crippen LogP contribution >= 0.6 is 0 Å². The topological polar surface area (TPSA) is 39.1 Å². The van der Waals surface area contributed by atoms with Gasteiger partial charge in [-0.1, -0.05) is 13.3 Å². The van der Waals surface area contributed by atoms with E-state index in [0.717, 1.165) is 18.8 Å². The summed E-state index contributed by atoms with van der Waals surface area (Å²) in [6, 6.07) is 2.81. The van der Waals surface area contributed by atoms with Crippen molar-refractivity contribution >= 4 is 0 Å². The second kappa shape index (κ2) is 8.64.